The van der Waals surface area contributed by atoms with Crippen LogP contribution in [0.25, 0.3) is 0 Å². The number of anilines is 2. The van der Waals surface area contributed by atoms with E-state index in [0.717, 1.165) is 12.8 Å². The van der Waals surface area contributed by atoms with E-state index in [9.17, 15) is 19.8 Å². The molecule has 2 amide bonds. The van der Waals surface area contributed by atoms with E-state index in [4.69, 9.17) is 0 Å². The molecule has 1 saturated heterocycles. The van der Waals surface area contributed by atoms with E-state index < -0.39 is 17.4 Å². The van der Waals surface area contributed by atoms with Crippen molar-refractivity contribution in [2.45, 2.75) is 37.8 Å². The highest BCUT2D eigenvalue weighted by molar-refractivity contribution is 6.12. The molecule has 1 fully saturated rings. The van der Waals surface area contributed by atoms with Crippen molar-refractivity contribution in [1.82, 2.24) is 4.90 Å². The van der Waals surface area contributed by atoms with Crippen LogP contribution in [0.5, 0.6) is 0 Å². The lowest BCUT2D eigenvalue weighted by Crippen LogP contribution is -2.42. The van der Waals surface area contributed by atoms with Gasteiger partial charge in [-0.1, -0.05) is 55.5 Å². The van der Waals surface area contributed by atoms with Crippen LogP contribution in [-0.4, -0.2) is 46.1 Å². The molecule has 6 nitrogen and oxygen atoms in total. The molecular formula is C25H28N2O4. The maximum atomic E-state index is 13.5. The van der Waals surface area contributed by atoms with Gasteiger partial charge in [-0.15, -0.1) is 0 Å². The average molecular weight is 421 g/mol. The van der Waals surface area contributed by atoms with E-state index in [2.05, 4.69) is 0 Å². The van der Waals surface area contributed by atoms with Gasteiger partial charge in [-0.3, -0.25) is 14.5 Å². The zero-order valence-electron chi connectivity index (χ0n) is 17.6. The Bertz CT molecular complexity index is 990. The molecule has 31 heavy (non-hydrogen) atoms. The van der Waals surface area contributed by atoms with Crippen LogP contribution in [0.2, 0.25) is 0 Å². The Balaban J connectivity index is 1.56. The zero-order valence-corrected chi connectivity index (χ0v) is 17.6. The number of likely N-dealkylation sites (tertiary alicyclic amines) is 1. The van der Waals surface area contributed by atoms with E-state index in [-0.39, 0.29) is 25.0 Å². The number of fused-ring (bicyclic) bond motifs is 1. The minimum Gasteiger partial charge on any atom is -0.394 e. The molecule has 0 aromatic heterocycles. The van der Waals surface area contributed by atoms with Crippen LogP contribution < -0.4 is 4.90 Å². The highest BCUT2D eigenvalue weighted by atomic mass is 16.3. The van der Waals surface area contributed by atoms with Gasteiger partial charge in [-0.05, 0) is 31.0 Å². The van der Waals surface area contributed by atoms with Crippen LogP contribution >= 0.6 is 0 Å². The number of nitrogens with zero attached hydrogens (tertiary/aromatic N) is 2. The van der Waals surface area contributed by atoms with Crippen LogP contribution in [0.3, 0.4) is 0 Å². The maximum Gasteiger partial charge on any atom is 0.268 e. The summed E-state index contributed by atoms with van der Waals surface area (Å²) in [7, 11) is 0. The molecule has 2 aromatic rings. The van der Waals surface area contributed by atoms with Gasteiger partial charge in [0.2, 0.25) is 5.91 Å². The van der Waals surface area contributed by atoms with Gasteiger partial charge in [0.25, 0.3) is 5.91 Å². The van der Waals surface area contributed by atoms with Gasteiger partial charge in [-0.25, -0.2) is 0 Å². The van der Waals surface area contributed by atoms with Crippen molar-refractivity contribution in [2.75, 3.05) is 18.1 Å². The average Bonchev–Trinajstić information content (AvgIpc) is 3.36. The van der Waals surface area contributed by atoms with Gasteiger partial charge in [0.15, 0.2) is 5.60 Å². The number of rotatable bonds is 6. The SMILES string of the molecule is C[C@H](/C=C/CC(=O)N1CCC[C@H]1CO)[C@@]1(O)C(=O)N(c2ccccc2)c2ccccc21. The van der Waals surface area contributed by atoms with Crippen LogP contribution in [0.1, 0.15) is 31.7 Å². The van der Waals surface area contributed by atoms with Crippen molar-refractivity contribution in [3.63, 3.8) is 0 Å². The second-order valence-electron chi connectivity index (χ2n) is 8.25. The first kappa shape index (κ1) is 21.3. The van der Waals surface area contributed by atoms with Crippen molar-refractivity contribution >= 4 is 23.2 Å². The van der Waals surface area contributed by atoms with Crippen molar-refractivity contribution in [1.29, 1.82) is 0 Å². The molecule has 2 aliphatic heterocycles. The molecule has 2 aliphatic rings. The predicted octanol–water partition coefficient (Wildman–Crippen LogP) is 3.12. The van der Waals surface area contributed by atoms with Gasteiger partial charge >= 0.3 is 0 Å². The monoisotopic (exact) mass is 420 g/mol. The summed E-state index contributed by atoms with van der Waals surface area (Å²) in [6.45, 7) is 2.43. The fourth-order valence-electron chi connectivity index (χ4n) is 4.64. The van der Waals surface area contributed by atoms with Crippen molar-refractivity contribution in [3.8, 4) is 0 Å². The first-order valence-electron chi connectivity index (χ1n) is 10.8. The maximum absolute atomic E-state index is 13.5. The van der Waals surface area contributed by atoms with Crippen molar-refractivity contribution in [3.05, 3.63) is 72.3 Å². The lowest BCUT2D eigenvalue weighted by molar-refractivity contribution is -0.138. The number of aliphatic hydroxyl groups excluding tert-OH is 1. The number of carbonyl (C=O) groups excluding carboxylic acids is 2. The van der Waals surface area contributed by atoms with Gasteiger partial charge < -0.3 is 15.1 Å². The van der Waals surface area contributed by atoms with Crippen LogP contribution in [0.15, 0.2) is 66.7 Å². The Kier molecular flexibility index (Phi) is 5.94. The van der Waals surface area contributed by atoms with Crippen LogP contribution in [-0.2, 0) is 15.2 Å². The Morgan fingerprint density at radius 2 is 1.90 bits per heavy atom. The Morgan fingerprint density at radius 3 is 2.65 bits per heavy atom. The molecule has 2 N–H and O–H groups in total. The fraction of sp³-hybridized carbons (Fsp3) is 0.360. The molecule has 0 aliphatic carbocycles. The molecule has 0 saturated carbocycles. The normalized spacial score (nSPS) is 24.1. The number of aliphatic hydroxyl groups is 2. The van der Waals surface area contributed by atoms with E-state index in [1.54, 1.807) is 34.9 Å². The summed E-state index contributed by atoms with van der Waals surface area (Å²) in [5.41, 5.74) is 0.215. The minimum absolute atomic E-state index is 0.0216. The Hall–Kier alpha value is -2.96. The summed E-state index contributed by atoms with van der Waals surface area (Å²) >= 11 is 0. The summed E-state index contributed by atoms with van der Waals surface area (Å²) in [5.74, 6) is -0.978. The van der Waals surface area contributed by atoms with Crippen molar-refractivity contribution < 1.29 is 19.8 Å². The number of hydrogen-bond acceptors (Lipinski definition) is 4. The van der Waals surface area contributed by atoms with E-state index in [1.807, 2.05) is 48.5 Å². The summed E-state index contributed by atoms with van der Waals surface area (Å²) in [5, 5.41) is 21.0. The largest absolute Gasteiger partial charge is 0.394 e. The smallest absolute Gasteiger partial charge is 0.268 e. The molecule has 4 rings (SSSR count). The number of amides is 2. The van der Waals surface area contributed by atoms with E-state index in [1.165, 1.54) is 0 Å². The second kappa shape index (κ2) is 8.65. The quantitative estimate of drug-likeness (QED) is 0.704. The fourth-order valence-corrected chi connectivity index (χ4v) is 4.64. The molecule has 0 spiro atoms. The third kappa shape index (κ3) is 3.66. The lowest BCUT2D eigenvalue weighted by Gasteiger charge is -2.28. The third-order valence-electron chi connectivity index (χ3n) is 6.38. The molecule has 0 unspecified atom stereocenters. The topological polar surface area (TPSA) is 81.1 Å². The van der Waals surface area contributed by atoms with Gasteiger partial charge in [0, 0.05) is 30.1 Å². The van der Waals surface area contributed by atoms with Crippen LogP contribution in [0, 0.1) is 5.92 Å². The first-order valence-corrected chi connectivity index (χ1v) is 10.8. The van der Waals surface area contributed by atoms with E-state index in [0.29, 0.717) is 23.5 Å². The number of benzene rings is 2. The predicted molar refractivity (Wildman–Crippen MR) is 119 cm³/mol. The van der Waals surface area contributed by atoms with Gasteiger partial charge in [0.1, 0.15) is 0 Å². The Labute approximate surface area is 182 Å². The molecule has 2 aromatic carbocycles. The molecule has 2 heterocycles. The lowest BCUT2D eigenvalue weighted by atomic mass is 9.83. The first-order chi connectivity index (χ1) is 15.0. The molecule has 0 radical (unpaired) electrons. The molecule has 3 atom stereocenters. The number of hydrogen-bond donors (Lipinski definition) is 2. The molecule has 0 bridgehead atoms. The minimum atomic E-state index is -1.72. The molecule has 162 valence electrons. The van der Waals surface area contributed by atoms with Gasteiger partial charge in [-0.2, -0.15) is 0 Å². The summed E-state index contributed by atoms with van der Waals surface area (Å²) in [4.78, 5) is 29.3. The molecular weight excluding hydrogens is 392 g/mol. The summed E-state index contributed by atoms with van der Waals surface area (Å²) < 4.78 is 0. The van der Waals surface area contributed by atoms with Crippen molar-refractivity contribution in [2.24, 2.45) is 5.92 Å². The zero-order chi connectivity index (χ0) is 22.0. The second-order valence-corrected chi connectivity index (χ2v) is 8.25. The van der Waals surface area contributed by atoms with Gasteiger partial charge in [0.05, 0.1) is 18.3 Å². The summed E-state index contributed by atoms with van der Waals surface area (Å²) in [6.07, 6.45) is 5.36. The summed E-state index contributed by atoms with van der Waals surface area (Å²) in [6, 6.07) is 16.4. The number of para-hydroxylation sites is 2. The van der Waals surface area contributed by atoms with Crippen LogP contribution in [0.4, 0.5) is 11.4 Å². The third-order valence-corrected chi connectivity index (χ3v) is 6.38. The Morgan fingerprint density at radius 1 is 1.19 bits per heavy atom. The highest BCUT2D eigenvalue weighted by Crippen LogP contribution is 2.47. The standard InChI is InChI=1S/C25H28N2O4/c1-18(9-7-15-23(29)26-16-8-12-20(26)17-28)25(31)21-13-5-6-14-22(21)27(24(25)30)19-10-3-2-4-11-19/h2-7,9-11,13-14,18,20,28,31H,8,12,15-17H2,1H3/b9-7+/t18-,20+,25+/m1/s1. The molecule has 6 heteroatoms. The number of carbonyl (C=O) groups is 2. The highest BCUT2D eigenvalue weighted by Gasteiger charge is 2.52. The van der Waals surface area contributed by atoms with E-state index >= 15 is 0 Å².